The van der Waals surface area contributed by atoms with Gasteiger partial charge in [0.05, 0.1) is 0 Å². The van der Waals surface area contributed by atoms with Gasteiger partial charge in [0.2, 0.25) is 0 Å². The van der Waals surface area contributed by atoms with Crippen molar-refractivity contribution >= 4 is 0 Å². The van der Waals surface area contributed by atoms with Gasteiger partial charge in [0.15, 0.2) is 0 Å². The lowest BCUT2D eigenvalue weighted by Gasteiger charge is -2.28. The third-order valence-corrected chi connectivity index (χ3v) is 3.06. The summed E-state index contributed by atoms with van der Waals surface area (Å²) in [6.45, 7) is 9.24. The molecule has 0 aromatic carbocycles. The molecule has 1 rings (SSSR count). The standard InChI is InChI=1S/C11H25N3/c1-10(12)5-8-14-7-4-6-13(3)9-11(14)2/h10-11H,4-9,12H2,1-3H3. The molecule has 0 bridgehead atoms. The number of hydrogen-bond donors (Lipinski definition) is 1. The maximum atomic E-state index is 5.78. The SMILES string of the molecule is CC(N)CCN1CCCN(C)CC1C. The number of rotatable bonds is 3. The van der Waals surface area contributed by atoms with E-state index in [-0.39, 0.29) is 0 Å². The Morgan fingerprint density at radius 2 is 2.14 bits per heavy atom. The first-order valence-electron chi connectivity index (χ1n) is 5.77. The monoisotopic (exact) mass is 199 g/mol. The van der Waals surface area contributed by atoms with Crippen LogP contribution in [0.2, 0.25) is 0 Å². The number of nitrogens with zero attached hydrogens (tertiary/aromatic N) is 2. The second-order valence-corrected chi connectivity index (χ2v) is 4.77. The molecule has 0 aromatic heterocycles. The highest BCUT2D eigenvalue weighted by Gasteiger charge is 2.18. The normalized spacial score (nSPS) is 28.7. The third-order valence-electron chi connectivity index (χ3n) is 3.06. The van der Waals surface area contributed by atoms with Crippen LogP contribution in [-0.4, -0.2) is 55.1 Å². The Kier molecular flexibility index (Phi) is 4.85. The minimum absolute atomic E-state index is 0.336. The van der Waals surface area contributed by atoms with E-state index in [0.717, 1.165) is 13.0 Å². The van der Waals surface area contributed by atoms with Crippen molar-refractivity contribution < 1.29 is 0 Å². The molecular weight excluding hydrogens is 174 g/mol. The van der Waals surface area contributed by atoms with E-state index >= 15 is 0 Å². The van der Waals surface area contributed by atoms with E-state index in [4.69, 9.17) is 5.73 Å². The molecule has 0 aliphatic carbocycles. The molecule has 0 aromatic rings. The quantitative estimate of drug-likeness (QED) is 0.728. The molecule has 1 aliphatic heterocycles. The molecule has 0 amide bonds. The van der Waals surface area contributed by atoms with E-state index in [1.807, 2.05) is 0 Å². The van der Waals surface area contributed by atoms with Gasteiger partial charge in [-0.15, -0.1) is 0 Å². The van der Waals surface area contributed by atoms with Crippen LogP contribution in [0.25, 0.3) is 0 Å². The van der Waals surface area contributed by atoms with Crippen LogP contribution in [0.5, 0.6) is 0 Å². The Morgan fingerprint density at radius 1 is 1.43 bits per heavy atom. The molecule has 0 spiro atoms. The summed E-state index contributed by atoms with van der Waals surface area (Å²) in [7, 11) is 2.21. The molecule has 1 fully saturated rings. The Labute approximate surface area is 88.2 Å². The first-order valence-corrected chi connectivity index (χ1v) is 5.77. The molecule has 1 heterocycles. The second kappa shape index (κ2) is 5.69. The Balaban J connectivity index is 2.34. The molecule has 2 atom stereocenters. The number of nitrogens with two attached hydrogens (primary N) is 1. The molecule has 2 unspecified atom stereocenters. The smallest absolute Gasteiger partial charge is 0.0194 e. The van der Waals surface area contributed by atoms with Crippen molar-refractivity contribution in [1.82, 2.24) is 9.80 Å². The molecule has 1 saturated heterocycles. The summed E-state index contributed by atoms with van der Waals surface area (Å²) in [6, 6.07) is 1.02. The van der Waals surface area contributed by atoms with Gasteiger partial charge in [0, 0.05) is 18.6 Å². The van der Waals surface area contributed by atoms with Crippen LogP contribution in [0.4, 0.5) is 0 Å². The summed E-state index contributed by atoms with van der Waals surface area (Å²) in [6.07, 6.45) is 2.41. The van der Waals surface area contributed by atoms with Crippen molar-refractivity contribution in [1.29, 1.82) is 0 Å². The van der Waals surface area contributed by atoms with Crippen molar-refractivity contribution in [3.63, 3.8) is 0 Å². The zero-order valence-corrected chi connectivity index (χ0v) is 9.87. The maximum Gasteiger partial charge on any atom is 0.0194 e. The zero-order valence-electron chi connectivity index (χ0n) is 9.87. The molecule has 3 nitrogen and oxygen atoms in total. The molecule has 0 saturated carbocycles. The van der Waals surface area contributed by atoms with Gasteiger partial charge < -0.3 is 10.6 Å². The minimum Gasteiger partial charge on any atom is -0.328 e. The predicted octanol–water partition coefficient (Wildman–Crippen LogP) is 0.750. The van der Waals surface area contributed by atoms with E-state index in [0.29, 0.717) is 12.1 Å². The molecule has 3 heteroatoms. The fourth-order valence-electron chi connectivity index (χ4n) is 2.12. The Morgan fingerprint density at radius 3 is 2.79 bits per heavy atom. The molecule has 84 valence electrons. The third kappa shape index (κ3) is 3.95. The fourth-order valence-corrected chi connectivity index (χ4v) is 2.12. The maximum absolute atomic E-state index is 5.78. The van der Waals surface area contributed by atoms with Crippen molar-refractivity contribution in [3.8, 4) is 0 Å². The van der Waals surface area contributed by atoms with Crippen LogP contribution >= 0.6 is 0 Å². The minimum atomic E-state index is 0.336. The van der Waals surface area contributed by atoms with Gasteiger partial charge in [-0.05, 0) is 53.4 Å². The van der Waals surface area contributed by atoms with Gasteiger partial charge in [-0.3, -0.25) is 4.90 Å². The lowest BCUT2D eigenvalue weighted by molar-refractivity contribution is 0.197. The highest BCUT2D eigenvalue weighted by Crippen LogP contribution is 2.09. The average molecular weight is 199 g/mol. The molecule has 14 heavy (non-hydrogen) atoms. The second-order valence-electron chi connectivity index (χ2n) is 4.77. The van der Waals surface area contributed by atoms with E-state index in [1.54, 1.807) is 0 Å². The lowest BCUT2D eigenvalue weighted by Crippen LogP contribution is -2.39. The van der Waals surface area contributed by atoms with E-state index in [9.17, 15) is 0 Å². The summed E-state index contributed by atoms with van der Waals surface area (Å²) in [5.74, 6) is 0. The highest BCUT2D eigenvalue weighted by molar-refractivity contribution is 4.75. The Hall–Kier alpha value is -0.120. The van der Waals surface area contributed by atoms with Crippen LogP contribution in [0.15, 0.2) is 0 Å². The largest absolute Gasteiger partial charge is 0.328 e. The molecular formula is C11H25N3. The molecule has 0 radical (unpaired) electrons. The van der Waals surface area contributed by atoms with Crippen LogP contribution in [0.3, 0.4) is 0 Å². The number of likely N-dealkylation sites (N-methyl/N-ethyl adjacent to an activating group) is 1. The summed E-state index contributed by atoms with van der Waals surface area (Å²) < 4.78 is 0. The highest BCUT2D eigenvalue weighted by atomic mass is 15.2. The van der Waals surface area contributed by atoms with E-state index in [2.05, 4.69) is 30.7 Å². The van der Waals surface area contributed by atoms with Gasteiger partial charge >= 0.3 is 0 Å². The predicted molar refractivity (Wildman–Crippen MR) is 61.4 cm³/mol. The van der Waals surface area contributed by atoms with Crippen molar-refractivity contribution in [3.05, 3.63) is 0 Å². The van der Waals surface area contributed by atoms with E-state index in [1.165, 1.54) is 26.1 Å². The number of hydrogen-bond acceptors (Lipinski definition) is 3. The van der Waals surface area contributed by atoms with Crippen molar-refractivity contribution in [2.45, 2.75) is 38.8 Å². The zero-order chi connectivity index (χ0) is 10.6. The van der Waals surface area contributed by atoms with Crippen molar-refractivity contribution in [2.75, 3.05) is 33.2 Å². The first kappa shape index (κ1) is 12.0. The summed E-state index contributed by atoms with van der Waals surface area (Å²) in [5, 5.41) is 0. The van der Waals surface area contributed by atoms with Gasteiger partial charge in [0.25, 0.3) is 0 Å². The molecule has 2 N–H and O–H groups in total. The van der Waals surface area contributed by atoms with Crippen LogP contribution < -0.4 is 5.73 Å². The Bertz CT molecular complexity index is 159. The summed E-state index contributed by atoms with van der Waals surface area (Å²) in [5.41, 5.74) is 5.78. The van der Waals surface area contributed by atoms with Crippen LogP contribution in [0, 0.1) is 0 Å². The lowest BCUT2D eigenvalue weighted by atomic mass is 10.2. The van der Waals surface area contributed by atoms with Gasteiger partial charge in [0.1, 0.15) is 0 Å². The molecule has 1 aliphatic rings. The van der Waals surface area contributed by atoms with Crippen molar-refractivity contribution in [2.24, 2.45) is 5.73 Å². The van der Waals surface area contributed by atoms with Gasteiger partial charge in [-0.25, -0.2) is 0 Å². The summed E-state index contributed by atoms with van der Waals surface area (Å²) >= 11 is 0. The summed E-state index contributed by atoms with van der Waals surface area (Å²) in [4.78, 5) is 5.00. The van der Waals surface area contributed by atoms with Gasteiger partial charge in [-0.1, -0.05) is 0 Å². The van der Waals surface area contributed by atoms with Crippen LogP contribution in [-0.2, 0) is 0 Å². The van der Waals surface area contributed by atoms with Gasteiger partial charge in [-0.2, -0.15) is 0 Å². The topological polar surface area (TPSA) is 32.5 Å². The average Bonchev–Trinajstić information content (AvgIpc) is 2.23. The van der Waals surface area contributed by atoms with Crippen LogP contribution in [0.1, 0.15) is 26.7 Å². The fraction of sp³-hybridized carbons (Fsp3) is 1.00. The van der Waals surface area contributed by atoms with E-state index < -0.39 is 0 Å². The first-order chi connectivity index (χ1) is 6.59.